The lowest BCUT2D eigenvalue weighted by Gasteiger charge is -2.17. The molecule has 0 fully saturated rings. The zero-order valence-corrected chi connectivity index (χ0v) is 4.83. The molecule has 1 unspecified atom stereocenters. The molecular weight excluding hydrogens is 118 g/mol. The maximum absolute atomic E-state index is 10.5. The lowest BCUT2D eigenvalue weighted by Crippen LogP contribution is -3.02. The van der Waals surface area contributed by atoms with Crippen LogP contribution in [-0.4, -0.2) is 12.8 Å². The Bertz CT molecular complexity index is 172. The number of hydrogen-bond donors (Lipinski definition) is 1. The van der Waals surface area contributed by atoms with Crippen molar-refractivity contribution >= 4 is 6.29 Å². The lowest BCUT2D eigenvalue weighted by atomic mass is 10.2. The third kappa shape index (κ3) is 1.48. The number of quaternary nitrogens is 1. The highest BCUT2D eigenvalue weighted by atomic mass is 16.5. The first-order valence-electron chi connectivity index (χ1n) is 2.69. The lowest BCUT2D eigenvalue weighted by molar-refractivity contribution is -0.785. The van der Waals surface area contributed by atoms with Crippen molar-refractivity contribution in [3.8, 4) is 0 Å². The summed E-state index contributed by atoms with van der Waals surface area (Å²) in [7, 11) is 0. The fraction of sp³-hybridized carbons (Fsp3) is 0.167. The second kappa shape index (κ2) is 2.57. The first-order chi connectivity index (χ1) is 4.33. The standard InChI is InChI=1S/C6H7NO2/c8-5-6-2-1-3-7(9)4-6/h1-2,4-5,7H,3H2. The molecule has 1 aliphatic rings. The molecular formula is C6H7NO2. The highest BCUT2D eigenvalue weighted by Gasteiger charge is 1.99. The van der Waals surface area contributed by atoms with Crippen molar-refractivity contribution in [1.29, 1.82) is 0 Å². The third-order valence-electron chi connectivity index (χ3n) is 1.09. The third-order valence-corrected chi connectivity index (χ3v) is 1.09. The fourth-order valence-corrected chi connectivity index (χ4v) is 0.677. The van der Waals surface area contributed by atoms with Crippen LogP contribution >= 0.6 is 0 Å². The molecule has 0 saturated heterocycles. The summed E-state index contributed by atoms with van der Waals surface area (Å²) >= 11 is 0. The van der Waals surface area contributed by atoms with Gasteiger partial charge in [0.25, 0.3) is 0 Å². The van der Waals surface area contributed by atoms with E-state index in [9.17, 15) is 10.0 Å². The molecule has 1 N–H and O–H groups in total. The van der Waals surface area contributed by atoms with Gasteiger partial charge in [-0.05, 0) is 12.2 Å². The van der Waals surface area contributed by atoms with Gasteiger partial charge in [-0.2, -0.15) is 0 Å². The Labute approximate surface area is 52.8 Å². The zero-order valence-electron chi connectivity index (χ0n) is 4.83. The monoisotopic (exact) mass is 125 g/mol. The molecule has 0 radical (unpaired) electrons. The van der Waals surface area contributed by atoms with Gasteiger partial charge < -0.3 is 10.3 Å². The quantitative estimate of drug-likeness (QED) is 0.361. The molecule has 1 rings (SSSR count). The molecule has 48 valence electrons. The smallest absolute Gasteiger partial charge is 0.155 e. The van der Waals surface area contributed by atoms with E-state index in [0.717, 1.165) is 0 Å². The summed E-state index contributed by atoms with van der Waals surface area (Å²) in [6.07, 6.45) is 5.36. The summed E-state index contributed by atoms with van der Waals surface area (Å²) in [6.45, 7) is 0.428. The van der Waals surface area contributed by atoms with Gasteiger partial charge in [0.15, 0.2) is 6.29 Å². The summed E-state index contributed by atoms with van der Waals surface area (Å²) in [5.74, 6) is 0. The Morgan fingerprint density at radius 1 is 1.78 bits per heavy atom. The summed E-state index contributed by atoms with van der Waals surface area (Å²) < 4.78 is 0. The summed E-state index contributed by atoms with van der Waals surface area (Å²) in [5, 5.41) is 10.5. The van der Waals surface area contributed by atoms with E-state index in [1.807, 2.05) is 0 Å². The van der Waals surface area contributed by atoms with Crippen LogP contribution in [0.4, 0.5) is 0 Å². The molecule has 3 nitrogen and oxygen atoms in total. The first kappa shape index (κ1) is 6.19. The molecule has 0 aliphatic carbocycles. The predicted octanol–water partition coefficient (Wildman–Crippen LogP) is -0.978. The highest BCUT2D eigenvalue weighted by Crippen LogP contribution is 1.90. The van der Waals surface area contributed by atoms with Gasteiger partial charge in [0, 0.05) is 0 Å². The van der Waals surface area contributed by atoms with Gasteiger partial charge in [0.2, 0.25) is 0 Å². The Morgan fingerprint density at radius 3 is 3.00 bits per heavy atom. The van der Waals surface area contributed by atoms with Crippen LogP contribution in [0.25, 0.3) is 0 Å². The van der Waals surface area contributed by atoms with E-state index in [-0.39, 0.29) is 5.06 Å². The Balaban J connectivity index is 2.70. The molecule has 0 aromatic rings. The van der Waals surface area contributed by atoms with E-state index in [4.69, 9.17) is 0 Å². The number of carbonyl (C=O) groups excluding carboxylic acids is 1. The van der Waals surface area contributed by atoms with E-state index in [1.165, 1.54) is 6.20 Å². The number of hydrogen-bond acceptors (Lipinski definition) is 2. The van der Waals surface area contributed by atoms with Gasteiger partial charge in [-0.15, -0.1) is 0 Å². The van der Waals surface area contributed by atoms with Crippen LogP contribution in [0, 0.1) is 5.21 Å². The van der Waals surface area contributed by atoms with Crippen LogP contribution in [0.1, 0.15) is 0 Å². The molecule has 1 atom stereocenters. The molecule has 1 heterocycles. The van der Waals surface area contributed by atoms with Crippen molar-refractivity contribution in [3.63, 3.8) is 0 Å². The number of rotatable bonds is 1. The topological polar surface area (TPSA) is 44.6 Å². The SMILES string of the molecule is O=CC1=C[NH+]([O-])CC=C1. The number of carbonyl (C=O) groups is 1. The van der Waals surface area contributed by atoms with Crippen LogP contribution in [0.15, 0.2) is 23.9 Å². The minimum atomic E-state index is -0.000370. The molecule has 9 heavy (non-hydrogen) atoms. The van der Waals surface area contributed by atoms with Crippen LogP contribution in [0.5, 0.6) is 0 Å². The minimum Gasteiger partial charge on any atom is -0.629 e. The number of hydroxylamine groups is 2. The largest absolute Gasteiger partial charge is 0.629 e. The molecule has 0 spiro atoms. The molecule has 0 bridgehead atoms. The fourth-order valence-electron chi connectivity index (χ4n) is 0.677. The summed E-state index contributed by atoms with van der Waals surface area (Å²) in [4.78, 5) is 10.0. The zero-order chi connectivity index (χ0) is 6.69. The van der Waals surface area contributed by atoms with Crippen LogP contribution < -0.4 is 5.06 Å². The van der Waals surface area contributed by atoms with E-state index in [1.54, 1.807) is 12.2 Å². The van der Waals surface area contributed by atoms with Crippen molar-refractivity contribution < 1.29 is 9.86 Å². The highest BCUT2D eigenvalue weighted by molar-refractivity contribution is 5.76. The van der Waals surface area contributed by atoms with E-state index in [2.05, 4.69) is 0 Å². The van der Waals surface area contributed by atoms with Gasteiger partial charge in [-0.1, -0.05) is 0 Å². The molecule has 0 amide bonds. The minimum absolute atomic E-state index is 0.000370. The summed E-state index contributed by atoms with van der Waals surface area (Å²) in [6, 6.07) is 0. The van der Waals surface area contributed by atoms with E-state index < -0.39 is 0 Å². The molecule has 1 aliphatic heterocycles. The van der Waals surface area contributed by atoms with Gasteiger partial charge in [-0.3, -0.25) is 4.79 Å². The van der Waals surface area contributed by atoms with Crippen LogP contribution in [0.3, 0.4) is 0 Å². The van der Waals surface area contributed by atoms with Crippen LogP contribution in [0.2, 0.25) is 0 Å². The second-order valence-corrected chi connectivity index (χ2v) is 1.83. The maximum Gasteiger partial charge on any atom is 0.155 e. The number of aldehydes is 1. The number of nitrogens with one attached hydrogen (secondary N) is 1. The average Bonchev–Trinajstić information content (AvgIpc) is 1.88. The molecule has 0 aromatic carbocycles. The van der Waals surface area contributed by atoms with Crippen molar-refractivity contribution in [3.05, 3.63) is 29.1 Å². The van der Waals surface area contributed by atoms with Crippen LogP contribution in [-0.2, 0) is 4.79 Å². The van der Waals surface area contributed by atoms with Gasteiger partial charge in [0.1, 0.15) is 12.7 Å². The normalized spacial score (nSPS) is 25.4. The summed E-state index contributed by atoms with van der Waals surface area (Å²) in [5.41, 5.74) is 0.464. The molecule has 3 heteroatoms. The van der Waals surface area contributed by atoms with E-state index in [0.29, 0.717) is 18.4 Å². The average molecular weight is 125 g/mol. The maximum atomic E-state index is 10.5. The molecule has 0 aromatic heterocycles. The van der Waals surface area contributed by atoms with E-state index >= 15 is 0 Å². The Hall–Kier alpha value is -0.930. The van der Waals surface area contributed by atoms with Gasteiger partial charge in [-0.25, -0.2) is 0 Å². The first-order valence-corrected chi connectivity index (χ1v) is 2.69. The van der Waals surface area contributed by atoms with Crippen molar-refractivity contribution in [1.82, 2.24) is 0 Å². The predicted molar refractivity (Wildman–Crippen MR) is 32.5 cm³/mol. The van der Waals surface area contributed by atoms with Crippen molar-refractivity contribution in [2.24, 2.45) is 0 Å². The number of allylic oxidation sites excluding steroid dienone is 2. The Kier molecular flexibility index (Phi) is 1.77. The van der Waals surface area contributed by atoms with Crippen molar-refractivity contribution in [2.75, 3.05) is 6.54 Å². The Morgan fingerprint density at radius 2 is 2.56 bits per heavy atom. The molecule has 0 saturated carbocycles. The second-order valence-electron chi connectivity index (χ2n) is 1.83. The van der Waals surface area contributed by atoms with Crippen molar-refractivity contribution in [2.45, 2.75) is 0 Å². The van der Waals surface area contributed by atoms with Gasteiger partial charge in [0.05, 0.1) is 5.57 Å². The van der Waals surface area contributed by atoms with Gasteiger partial charge >= 0.3 is 0 Å².